The molecule has 188 valence electrons. The number of benzene rings is 1. The van der Waals surface area contributed by atoms with Crippen molar-refractivity contribution in [2.45, 2.75) is 91.8 Å². The molecule has 0 heterocycles. The minimum Gasteiger partial charge on any atom is -0.411 e. The van der Waals surface area contributed by atoms with E-state index in [2.05, 4.69) is 72.8 Å². The highest BCUT2D eigenvalue weighted by Gasteiger charge is 2.41. The highest BCUT2D eigenvalue weighted by molar-refractivity contribution is 6.74. The molecule has 0 saturated carbocycles. The summed E-state index contributed by atoms with van der Waals surface area (Å²) in [5.74, 6) is 0.486. The Hall–Kier alpha value is -1.27. The lowest BCUT2D eigenvalue weighted by molar-refractivity contribution is -0.111. The van der Waals surface area contributed by atoms with Gasteiger partial charge in [-0.25, -0.2) is 0 Å². The first-order chi connectivity index (χ1) is 15.3. The summed E-state index contributed by atoms with van der Waals surface area (Å²) in [6, 6.07) is 10.3. The van der Waals surface area contributed by atoms with E-state index in [0.717, 1.165) is 18.3 Å². The Labute approximate surface area is 204 Å². The van der Waals surface area contributed by atoms with E-state index in [-0.39, 0.29) is 29.1 Å². The van der Waals surface area contributed by atoms with Crippen molar-refractivity contribution in [3.05, 3.63) is 47.5 Å². The zero-order valence-corrected chi connectivity index (χ0v) is 23.7. The van der Waals surface area contributed by atoms with Crippen molar-refractivity contribution in [1.29, 1.82) is 0 Å². The van der Waals surface area contributed by atoms with Gasteiger partial charge in [0.25, 0.3) is 0 Å². The molecule has 33 heavy (non-hydrogen) atoms. The molecule has 0 unspecified atom stereocenters. The van der Waals surface area contributed by atoms with E-state index in [1.54, 1.807) is 7.11 Å². The molecule has 1 aromatic carbocycles. The quantitative estimate of drug-likeness (QED) is 0.164. The number of ether oxygens (including phenoxy) is 2. The third-order valence-corrected chi connectivity index (χ3v) is 11.4. The average molecular weight is 477 g/mol. The van der Waals surface area contributed by atoms with Crippen molar-refractivity contribution in [2.75, 3.05) is 13.7 Å². The number of rotatable bonds is 14. The number of carbonyl (C=O) groups is 1. The lowest BCUT2D eigenvalue weighted by Crippen LogP contribution is -2.49. The van der Waals surface area contributed by atoms with Crippen LogP contribution in [0.2, 0.25) is 18.1 Å². The third kappa shape index (κ3) is 9.85. The Balaban J connectivity index is 3.04. The Morgan fingerprint density at radius 2 is 1.67 bits per heavy atom. The van der Waals surface area contributed by atoms with Crippen molar-refractivity contribution < 1.29 is 18.7 Å². The molecule has 0 fully saturated rings. The molecule has 0 amide bonds. The van der Waals surface area contributed by atoms with Crippen LogP contribution >= 0.6 is 0 Å². The second kappa shape index (κ2) is 13.6. The summed E-state index contributed by atoms with van der Waals surface area (Å²) in [7, 11) is -0.237. The molecule has 0 N–H and O–H groups in total. The van der Waals surface area contributed by atoms with E-state index in [1.807, 2.05) is 25.1 Å². The summed E-state index contributed by atoms with van der Waals surface area (Å²) in [5, 5.41) is 0.108. The second-order valence-corrected chi connectivity index (χ2v) is 15.9. The van der Waals surface area contributed by atoms with Crippen molar-refractivity contribution in [2.24, 2.45) is 17.8 Å². The SMILES string of the molecule is CO[C@H](/C(C)=C/[C@H](C)C[C@H](C)C=O)[C@@H](C)[C@@H](COCc1ccccc1)O[Si](C)(C)C(C)(C)C. The molecule has 0 aromatic heterocycles. The van der Waals surface area contributed by atoms with Gasteiger partial charge in [-0.05, 0) is 48.5 Å². The summed E-state index contributed by atoms with van der Waals surface area (Å²) < 4.78 is 19.0. The summed E-state index contributed by atoms with van der Waals surface area (Å²) in [6.07, 6.45) is 3.97. The fourth-order valence-electron chi connectivity index (χ4n) is 3.98. The zero-order valence-electron chi connectivity index (χ0n) is 22.7. The summed E-state index contributed by atoms with van der Waals surface area (Å²) in [6.45, 7) is 20.9. The molecule has 0 aliphatic rings. The lowest BCUT2D eigenvalue weighted by atomic mass is 9.89. The normalized spacial score (nSPS) is 17.8. The van der Waals surface area contributed by atoms with E-state index in [9.17, 15) is 4.79 Å². The molecule has 0 spiro atoms. The number of hydrogen-bond donors (Lipinski definition) is 0. The molecular weight excluding hydrogens is 428 g/mol. The molecule has 5 heteroatoms. The van der Waals surface area contributed by atoms with E-state index in [0.29, 0.717) is 19.1 Å². The van der Waals surface area contributed by atoms with Crippen molar-refractivity contribution in [3.63, 3.8) is 0 Å². The molecule has 0 aliphatic carbocycles. The molecule has 1 aromatic rings. The molecule has 4 nitrogen and oxygen atoms in total. The minimum absolute atomic E-state index is 0.0588. The van der Waals surface area contributed by atoms with Crippen molar-refractivity contribution in [3.8, 4) is 0 Å². The van der Waals surface area contributed by atoms with Gasteiger partial charge in [-0.2, -0.15) is 0 Å². The van der Waals surface area contributed by atoms with E-state index in [4.69, 9.17) is 13.9 Å². The average Bonchev–Trinajstić information content (AvgIpc) is 2.73. The monoisotopic (exact) mass is 476 g/mol. The van der Waals surface area contributed by atoms with Crippen LogP contribution in [0.3, 0.4) is 0 Å². The maximum atomic E-state index is 11.1. The number of aldehydes is 1. The number of allylic oxidation sites excluding steroid dienone is 1. The smallest absolute Gasteiger partial charge is 0.192 e. The molecule has 5 atom stereocenters. The molecule has 0 bridgehead atoms. The first-order valence-corrected chi connectivity index (χ1v) is 15.2. The van der Waals surface area contributed by atoms with Gasteiger partial charge in [0.2, 0.25) is 0 Å². The second-order valence-electron chi connectivity index (χ2n) is 11.2. The summed E-state index contributed by atoms with van der Waals surface area (Å²) in [4.78, 5) is 11.1. The van der Waals surface area contributed by atoms with Crippen LogP contribution in [-0.2, 0) is 25.3 Å². The van der Waals surface area contributed by atoms with Crippen LogP contribution in [-0.4, -0.2) is 40.5 Å². The van der Waals surface area contributed by atoms with Crippen LogP contribution in [0.15, 0.2) is 42.0 Å². The first kappa shape index (κ1) is 29.8. The van der Waals surface area contributed by atoms with Gasteiger partial charge in [0.15, 0.2) is 8.32 Å². The van der Waals surface area contributed by atoms with Gasteiger partial charge < -0.3 is 18.7 Å². The lowest BCUT2D eigenvalue weighted by Gasteiger charge is -2.42. The van der Waals surface area contributed by atoms with Gasteiger partial charge in [-0.1, -0.05) is 78.0 Å². The molecular formula is C28H48O4Si. The molecule has 0 radical (unpaired) electrons. The van der Waals surface area contributed by atoms with Gasteiger partial charge >= 0.3 is 0 Å². The Morgan fingerprint density at radius 1 is 1.06 bits per heavy atom. The van der Waals surface area contributed by atoms with E-state index in [1.165, 1.54) is 5.57 Å². The van der Waals surface area contributed by atoms with Crippen LogP contribution in [0, 0.1) is 17.8 Å². The summed E-state index contributed by atoms with van der Waals surface area (Å²) in [5.41, 5.74) is 2.34. The number of carbonyl (C=O) groups excluding carboxylic acids is 1. The Kier molecular flexibility index (Phi) is 12.2. The van der Waals surface area contributed by atoms with Crippen LogP contribution in [0.1, 0.15) is 60.5 Å². The van der Waals surface area contributed by atoms with E-state index >= 15 is 0 Å². The molecule has 0 saturated heterocycles. The Morgan fingerprint density at radius 3 is 2.18 bits per heavy atom. The highest BCUT2D eigenvalue weighted by atomic mass is 28.4. The van der Waals surface area contributed by atoms with Crippen LogP contribution in [0.25, 0.3) is 0 Å². The van der Waals surface area contributed by atoms with Crippen molar-refractivity contribution >= 4 is 14.6 Å². The predicted octanol–water partition coefficient (Wildman–Crippen LogP) is 7.05. The topological polar surface area (TPSA) is 44.8 Å². The Bertz CT molecular complexity index is 723. The van der Waals surface area contributed by atoms with Crippen LogP contribution in [0.5, 0.6) is 0 Å². The third-order valence-electron chi connectivity index (χ3n) is 6.94. The van der Waals surface area contributed by atoms with Gasteiger partial charge in [0.05, 0.1) is 25.4 Å². The first-order valence-electron chi connectivity index (χ1n) is 12.3. The van der Waals surface area contributed by atoms with Crippen LogP contribution in [0.4, 0.5) is 0 Å². The van der Waals surface area contributed by atoms with Crippen LogP contribution < -0.4 is 0 Å². The minimum atomic E-state index is -2.01. The number of hydrogen-bond acceptors (Lipinski definition) is 4. The van der Waals surface area contributed by atoms with E-state index < -0.39 is 8.32 Å². The maximum Gasteiger partial charge on any atom is 0.192 e. The van der Waals surface area contributed by atoms with Gasteiger partial charge in [0.1, 0.15) is 6.29 Å². The maximum absolute atomic E-state index is 11.1. The summed E-state index contributed by atoms with van der Waals surface area (Å²) >= 11 is 0. The fraction of sp³-hybridized carbons (Fsp3) is 0.679. The predicted molar refractivity (Wildman–Crippen MR) is 141 cm³/mol. The number of methoxy groups -OCH3 is 1. The highest BCUT2D eigenvalue weighted by Crippen LogP contribution is 2.39. The van der Waals surface area contributed by atoms with Gasteiger partial charge in [0, 0.05) is 18.9 Å². The molecule has 1 rings (SSSR count). The van der Waals surface area contributed by atoms with Gasteiger partial charge in [-0.15, -0.1) is 0 Å². The standard InChI is InChI=1S/C28H48O4Si/c1-21(16-22(2)18-29)17-23(3)27(30-8)24(4)26(32-33(9,10)28(5,6)7)20-31-19-25-14-12-11-13-15-25/h11-15,17-18,21-22,24,26-27H,16,19-20H2,1-10H3/b23-17+/t21-,22+,24+,26-,27-/m1/s1. The molecule has 0 aliphatic heterocycles. The fourth-order valence-corrected chi connectivity index (χ4v) is 5.37. The van der Waals surface area contributed by atoms with Gasteiger partial charge in [-0.3, -0.25) is 0 Å². The zero-order chi connectivity index (χ0) is 25.2. The largest absolute Gasteiger partial charge is 0.411 e. The van der Waals surface area contributed by atoms with Crippen molar-refractivity contribution in [1.82, 2.24) is 0 Å².